The first-order chi connectivity index (χ1) is 48.0. The number of carbonyl (C=O) groups excluding carboxylic acids is 13. The van der Waals surface area contributed by atoms with Crippen LogP contribution in [0.3, 0.4) is 0 Å². The van der Waals surface area contributed by atoms with E-state index in [1.54, 1.807) is 74.5 Å². The molecule has 5 rings (SSSR count). The zero-order valence-electron chi connectivity index (χ0n) is 56.9. The molecule has 13 amide bonds. The lowest BCUT2D eigenvalue weighted by molar-refractivity contribution is -0.384. The number of carbonyl (C=O) groups is 13. The molecule has 550 valence electrons. The summed E-state index contributed by atoms with van der Waals surface area (Å²) in [5.41, 5.74) is 40.9. The van der Waals surface area contributed by atoms with Gasteiger partial charge in [0.2, 0.25) is 76.8 Å². The normalized spacial score (nSPS) is 16.4. The molecule has 2 fully saturated rings. The summed E-state index contributed by atoms with van der Waals surface area (Å²) < 4.78 is 0. The molecule has 101 heavy (non-hydrogen) atoms. The second-order valence-corrected chi connectivity index (χ2v) is 25.5. The van der Waals surface area contributed by atoms with Gasteiger partial charge in [0.15, 0.2) is 5.96 Å². The smallest absolute Gasteiger partial charge is 0.269 e. The number of nitrogens with zero attached hydrogens (tertiary/aromatic N) is 4. The van der Waals surface area contributed by atoms with Crippen molar-refractivity contribution in [1.29, 1.82) is 0 Å². The average molecular weight is 1410 g/mol. The van der Waals surface area contributed by atoms with Crippen molar-refractivity contribution in [2.45, 2.75) is 183 Å². The number of rotatable bonds is 42. The molecule has 0 aliphatic carbocycles. The van der Waals surface area contributed by atoms with E-state index in [-0.39, 0.29) is 95.1 Å². The Labute approximate surface area is 584 Å². The van der Waals surface area contributed by atoms with Gasteiger partial charge in [-0.15, -0.1) is 0 Å². The molecule has 0 spiro atoms. The fourth-order valence-electron chi connectivity index (χ4n) is 11.7. The molecule has 3 aromatic rings. The van der Waals surface area contributed by atoms with Crippen molar-refractivity contribution in [3.63, 3.8) is 0 Å². The largest absolute Gasteiger partial charge is 0.370 e. The minimum absolute atomic E-state index is 0.0596. The van der Waals surface area contributed by atoms with Crippen LogP contribution in [-0.2, 0) is 81.6 Å². The van der Waals surface area contributed by atoms with Gasteiger partial charge in [-0.3, -0.25) is 77.4 Å². The lowest BCUT2D eigenvalue weighted by Gasteiger charge is -2.32. The topological polar surface area (TPSA) is 562 Å². The number of nitrogens with one attached hydrogen (secondary N) is 8. The molecule has 3 aromatic carbocycles. The van der Waals surface area contributed by atoms with Gasteiger partial charge in [0.1, 0.15) is 54.4 Å². The molecule has 2 aliphatic rings. The van der Waals surface area contributed by atoms with E-state index in [1.165, 1.54) is 34.1 Å². The average Bonchev–Trinajstić information content (AvgIpc) is 1.73. The maximum absolute atomic E-state index is 14.7. The van der Waals surface area contributed by atoms with Crippen LogP contribution in [0, 0.1) is 16.0 Å². The number of likely N-dealkylation sites (tertiary alicyclic amines) is 2. The number of aliphatic imine (C=N–C) groups is 1. The number of nitro benzene ring substituents is 1. The monoisotopic (exact) mass is 1410 g/mol. The lowest BCUT2D eigenvalue weighted by Crippen LogP contribution is -2.60. The van der Waals surface area contributed by atoms with Crippen molar-refractivity contribution in [3.8, 4) is 0 Å². The fourth-order valence-corrected chi connectivity index (χ4v) is 11.7. The Morgan fingerprint density at radius 3 is 1.48 bits per heavy atom. The molecular weight excluding hydrogens is 1310 g/mol. The van der Waals surface area contributed by atoms with E-state index in [2.05, 4.69) is 47.5 Å². The third-order valence-electron chi connectivity index (χ3n) is 17.0. The van der Waals surface area contributed by atoms with Crippen LogP contribution < -0.4 is 82.7 Å². The van der Waals surface area contributed by atoms with Gasteiger partial charge in [-0.05, 0) is 106 Å². The maximum Gasteiger partial charge on any atom is 0.269 e. The number of benzene rings is 3. The highest BCUT2D eigenvalue weighted by Crippen LogP contribution is 2.24. The Hall–Kier alpha value is -10.6. The number of amides is 13. The first-order valence-electron chi connectivity index (χ1n) is 33.7. The van der Waals surface area contributed by atoms with E-state index in [0.717, 1.165) is 0 Å². The Morgan fingerprint density at radius 2 is 0.980 bits per heavy atom. The molecule has 34 nitrogen and oxygen atoms in total. The summed E-state index contributed by atoms with van der Waals surface area (Å²) in [4.78, 5) is 197. The molecule has 0 saturated carbocycles. The zero-order chi connectivity index (χ0) is 74.3. The van der Waals surface area contributed by atoms with Crippen molar-refractivity contribution < 1.29 is 67.3 Å². The molecule has 2 saturated heterocycles. The molecular formula is C67H97N19O15. The predicted molar refractivity (Wildman–Crippen MR) is 369 cm³/mol. The molecule has 34 heteroatoms. The van der Waals surface area contributed by atoms with Gasteiger partial charge in [-0.25, -0.2) is 0 Å². The van der Waals surface area contributed by atoms with Crippen LogP contribution in [0.5, 0.6) is 0 Å². The molecule has 22 N–H and O–H groups in total. The third-order valence-corrected chi connectivity index (χ3v) is 17.0. The molecule has 0 radical (unpaired) electrons. The zero-order valence-corrected chi connectivity index (χ0v) is 56.9. The van der Waals surface area contributed by atoms with Gasteiger partial charge >= 0.3 is 0 Å². The number of nitrogens with two attached hydrogens (primary N) is 7. The molecule has 0 bridgehead atoms. The highest BCUT2D eigenvalue weighted by Gasteiger charge is 2.42. The van der Waals surface area contributed by atoms with Crippen molar-refractivity contribution in [1.82, 2.24) is 52.3 Å². The van der Waals surface area contributed by atoms with E-state index >= 15 is 0 Å². The van der Waals surface area contributed by atoms with Crippen LogP contribution in [0.4, 0.5) is 5.69 Å². The van der Waals surface area contributed by atoms with E-state index < -0.39 is 174 Å². The molecule has 0 aromatic heterocycles. The molecule has 2 heterocycles. The number of unbranched alkanes of at least 4 members (excludes halogenated alkanes) is 1. The fraction of sp³-hybridized carbons (Fsp3) is 0.522. The van der Waals surface area contributed by atoms with Crippen molar-refractivity contribution in [2.24, 2.45) is 51.0 Å². The van der Waals surface area contributed by atoms with E-state index in [0.29, 0.717) is 48.8 Å². The first kappa shape index (κ1) is 81.0. The van der Waals surface area contributed by atoms with Crippen LogP contribution >= 0.6 is 0 Å². The SMILES string of the molecule is CC(C)C[C@H](NC(=O)CNC(=O)[C@H](Cc1ccccc1)NC(=O)[C@H](Cc1ccccc1)NC(=O)[C@H](CCC(N)=O)NC(=O)[C@H](CCC(N)=O)NC(=O)[C@@H]1CCCN1C(=O)[C@H](CCCCN)NC(=O)[C@@H]1CCCN1C(=O)[C@@H](N)CCCN=C(N)N)C(=O)N[C@@H](Cc1ccc([N+](=O)[O-])cc1)C(N)=O. The van der Waals surface area contributed by atoms with Gasteiger partial charge in [-0.2, -0.15) is 0 Å². The molecule has 10 atom stereocenters. The first-order valence-corrected chi connectivity index (χ1v) is 33.7. The van der Waals surface area contributed by atoms with Crippen LogP contribution in [-0.4, -0.2) is 191 Å². The van der Waals surface area contributed by atoms with E-state index in [4.69, 9.17) is 40.1 Å². The van der Waals surface area contributed by atoms with Gasteiger partial charge < -0.3 is 92.5 Å². The second-order valence-electron chi connectivity index (χ2n) is 25.5. The summed E-state index contributed by atoms with van der Waals surface area (Å²) in [7, 11) is 0. The van der Waals surface area contributed by atoms with E-state index in [1.807, 2.05) is 0 Å². The molecule has 2 aliphatic heterocycles. The van der Waals surface area contributed by atoms with Gasteiger partial charge in [-0.1, -0.05) is 86.6 Å². The minimum atomic E-state index is -1.67. The number of hydrogen-bond acceptors (Lipinski definition) is 18. The van der Waals surface area contributed by atoms with Crippen molar-refractivity contribution in [2.75, 3.05) is 32.7 Å². The maximum atomic E-state index is 14.7. The number of nitro groups is 1. The van der Waals surface area contributed by atoms with Gasteiger partial charge in [0.25, 0.3) is 5.69 Å². The quantitative estimate of drug-likeness (QED) is 0.00868. The summed E-state index contributed by atoms with van der Waals surface area (Å²) in [5.74, 6) is -11.0. The highest BCUT2D eigenvalue weighted by molar-refractivity contribution is 5.99. The standard InChI is InChI=1S/C67H97N19O15/c1-39(2)34-49(61(94)81-48(57(72)90)35-42-22-24-43(25-23-42)86(100)101)77-56(89)38-76-58(91)50(36-40-14-5-3-6-15-40)82-62(95)51(37-41-16-7-4-8-17-41)83-60(93)45(26-28-54(70)87)78-59(92)46(27-29-55(71)88)79-63(96)53-21-13-33-85(53)66(99)47(19-9-10-30-68)80-64(97)52-20-12-32-84(52)65(98)44(69)18-11-31-75-67(73)74/h3-8,14-17,22-25,39,44-53H,9-13,18-21,26-38,68-69H2,1-2H3,(H2,70,87)(H2,71,88)(H2,72,90)(H,76,91)(H,77,89)(H,78,92)(H,79,96)(H,80,97)(H,81,94)(H,82,95)(H,83,93)(H4,73,74,75)/t44-,45-,46-,47-,48-,49-,50-,51-,52-,53-/m0/s1. The lowest BCUT2D eigenvalue weighted by atomic mass is 10.0. The van der Waals surface area contributed by atoms with E-state index in [9.17, 15) is 72.4 Å². The summed E-state index contributed by atoms with van der Waals surface area (Å²) in [6, 6.07) is 8.94. The predicted octanol–water partition coefficient (Wildman–Crippen LogP) is -3.31. The van der Waals surface area contributed by atoms with Gasteiger partial charge in [0, 0.05) is 63.9 Å². The van der Waals surface area contributed by atoms with Crippen LogP contribution in [0.25, 0.3) is 0 Å². The summed E-state index contributed by atoms with van der Waals surface area (Å²) >= 11 is 0. The third kappa shape index (κ3) is 27.2. The Morgan fingerprint density at radius 1 is 0.525 bits per heavy atom. The number of primary amides is 3. The van der Waals surface area contributed by atoms with Gasteiger partial charge in [0.05, 0.1) is 17.5 Å². The minimum Gasteiger partial charge on any atom is -0.370 e. The summed E-state index contributed by atoms with van der Waals surface area (Å²) in [6.07, 6.45) is 0.542. The Bertz CT molecular complexity index is 3400. The van der Waals surface area contributed by atoms with Crippen molar-refractivity contribution in [3.05, 3.63) is 112 Å². The second kappa shape index (κ2) is 41.1. The number of non-ortho nitro benzene ring substituents is 1. The Kier molecular flexibility index (Phi) is 32.9. The molecule has 0 unspecified atom stereocenters. The van der Waals surface area contributed by atoms with Crippen molar-refractivity contribution >= 4 is 88.4 Å². The summed E-state index contributed by atoms with van der Waals surface area (Å²) in [6.45, 7) is 3.64. The summed E-state index contributed by atoms with van der Waals surface area (Å²) in [5, 5.41) is 32.1. The van der Waals surface area contributed by atoms with Crippen LogP contribution in [0.15, 0.2) is 89.9 Å². The number of hydrogen-bond donors (Lipinski definition) is 15. The Balaban J connectivity index is 1.33. The highest BCUT2D eigenvalue weighted by atomic mass is 16.6. The number of guanidine groups is 1. The van der Waals surface area contributed by atoms with Crippen LogP contribution in [0.2, 0.25) is 0 Å². The van der Waals surface area contributed by atoms with Crippen LogP contribution in [0.1, 0.15) is 120 Å².